The molecular weight excluding hydrogens is 406 g/mol. The fraction of sp³-hybridized carbons (Fsp3) is 0.429. The normalized spacial score (nSPS) is 20.1. The smallest absolute Gasteiger partial charge is 0.255 e. The molecule has 0 spiro atoms. The first-order chi connectivity index (χ1) is 14.9. The first-order valence-corrected chi connectivity index (χ1v) is 10.1. The second-order valence-electron chi connectivity index (χ2n) is 7.69. The lowest BCUT2D eigenvalue weighted by Gasteiger charge is -2.28. The summed E-state index contributed by atoms with van der Waals surface area (Å²) in [5, 5.41) is 0. The van der Waals surface area contributed by atoms with Crippen molar-refractivity contribution < 1.29 is 18.3 Å². The molecule has 8 nitrogen and oxygen atoms in total. The van der Waals surface area contributed by atoms with Gasteiger partial charge in [0.1, 0.15) is 5.82 Å². The van der Waals surface area contributed by atoms with Gasteiger partial charge in [-0.1, -0.05) is 12.1 Å². The number of aromatic nitrogens is 2. The highest BCUT2D eigenvalue weighted by molar-refractivity contribution is 5.99. The lowest BCUT2D eigenvalue weighted by Crippen LogP contribution is -2.43. The zero-order valence-electron chi connectivity index (χ0n) is 17.4. The summed E-state index contributed by atoms with van der Waals surface area (Å²) in [7, 11) is 2.91. The van der Waals surface area contributed by atoms with E-state index in [9.17, 15) is 13.6 Å². The third kappa shape index (κ3) is 4.28. The molecule has 1 saturated carbocycles. The molecule has 1 atom stereocenters. The van der Waals surface area contributed by atoms with Crippen LogP contribution < -0.4 is 15.4 Å². The average Bonchev–Trinajstić information content (AvgIpc) is 3.60. The summed E-state index contributed by atoms with van der Waals surface area (Å²) < 4.78 is 33.3. The summed E-state index contributed by atoms with van der Waals surface area (Å²) in [4.78, 5) is 29.2. The number of ether oxygens (including phenoxy) is 1. The lowest BCUT2D eigenvalue weighted by molar-refractivity contribution is -0.127. The molecule has 0 radical (unpaired) electrons. The fourth-order valence-corrected chi connectivity index (χ4v) is 3.59. The van der Waals surface area contributed by atoms with Gasteiger partial charge in [0.05, 0.1) is 25.3 Å². The highest BCUT2D eigenvalue weighted by Gasteiger charge is 2.34. The molecule has 31 heavy (non-hydrogen) atoms. The number of guanidine groups is 1. The van der Waals surface area contributed by atoms with Crippen LogP contribution in [0.4, 0.5) is 14.7 Å². The van der Waals surface area contributed by atoms with Gasteiger partial charge in [0.15, 0.2) is 5.96 Å². The molecule has 0 unspecified atom stereocenters. The molecule has 1 aromatic carbocycles. The maximum absolute atomic E-state index is 14.7. The summed E-state index contributed by atoms with van der Waals surface area (Å²) in [5.41, 5.74) is 6.91. The third-order valence-electron chi connectivity index (χ3n) is 5.57. The van der Waals surface area contributed by atoms with Gasteiger partial charge >= 0.3 is 0 Å². The third-order valence-corrected chi connectivity index (χ3v) is 5.57. The number of anilines is 1. The monoisotopic (exact) mass is 430 g/mol. The van der Waals surface area contributed by atoms with E-state index < -0.39 is 17.6 Å². The number of halogens is 2. The zero-order valence-corrected chi connectivity index (χ0v) is 17.4. The van der Waals surface area contributed by atoms with Crippen LogP contribution in [0.2, 0.25) is 0 Å². The molecule has 2 aromatic rings. The van der Waals surface area contributed by atoms with Crippen molar-refractivity contribution in [3.05, 3.63) is 47.2 Å². The number of nitrogens with two attached hydrogens (primary N) is 1. The van der Waals surface area contributed by atoms with Crippen LogP contribution in [0.15, 0.2) is 29.3 Å². The van der Waals surface area contributed by atoms with Crippen LogP contribution in [0.1, 0.15) is 35.9 Å². The van der Waals surface area contributed by atoms with Crippen LogP contribution in [0.3, 0.4) is 0 Å². The Morgan fingerprint density at radius 3 is 2.52 bits per heavy atom. The molecule has 1 fully saturated rings. The van der Waals surface area contributed by atoms with Gasteiger partial charge in [-0.15, -0.1) is 0 Å². The van der Waals surface area contributed by atoms with Crippen LogP contribution in [0.5, 0.6) is 5.88 Å². The van der Waals surface area contributed by atoms with Gasteiger partial charge in [-0.3, -0.25) is 14.7 Å². The van der Waals surface area contributed by atoms with E-state index in [2.05, 4.69) is 15.0 Å². The number of hydrogen-bond acceptors (Lipinski definition) is 7. The minimum Gasteiger partial charge on any atom is -0.479 e. The Balaban J connectivity index is 1.76. The Bertz CT molecular complexity index is 1010. The molecule has 2 N–H and O–H groups in total. The van der Waals surface area contributed by atoms with E-state index >= 15 is 0 Å². The Morgan fingerprint density at radius 2 is 1.87 bits per heavy atom. The molecule has 10 heteroatoms. The molecule has 0 bridgehead atoms. The molecule has 0 saturated heterocycles. The van der Waals surface area contributed by atoms with E-state index in [1.807, 2.05) is 0 Å². The van der Waals surface area contributed by atoms with Crippen molar-refractivity contribution in [3.63, 3.8) is 0 Å². The molecule has 1 aliphatic heterocycles. The van der Waals surface area contributed by atoms with Crippen LogP contribution in [0.25, 0.3) is 0 Å². The van der Waals surface area contributed by atoms with E-state index in [0.717, 1.165) is 12.8 Å². The molecule has 1 aromatic heterocycles. The SMILES string of the molecule is COc1nc(N2CCN=C(N)N(C)C(=O)[C@@H](c3ccc(F)cc3)C2)nc(C2CC2)c1F. The molecule has 2 heterocycles. The van der Waals surface area contributed by atoms with E-state index in [-0.39, 0.29) is 36.2 Å². The molecule has 4 rings (SSSR count). The minimum atomic E-state index is -0.679. The predicted octanol–water partition coefficient (Wildman–Crippen LogP) is 2.02. The number of methoxy groups -OCH3 is 1. The number of likely N-dealkylation sites (N-methyl/N-ethyl adjacent to an activating group) is 1. The van der Waals surface area contributed by atoms with Crippen LogP contribution in [-0.4, -0.2) is 60.5 Å². The fourth-order valence-electron chi connectivity index (χ4n) is 3.59. The maximum Gasteiger partial charge on any atom is 0.255 e. The number of carbonyl (C=O) groups is 1. The highest BCUT2D eigenvalue weighted by atomic mass is 19.1. The summed E-state index contributed by atoms with van der Waals surface area (Å²) in [6, 6.07) is 5.74. The second kappa shape index (κ2) is 8.44. The van der Waals surface area contributed by atoms with Crippen molar-refractivity contribution in [2.24, 2.45) is 10.7 Å². The van der Waals surface area contributed by atoms with Crippen molar-refractivity contribution in [1.82, 2.24) is 14.9 Å². The van der Waals surface area contributed by atoms with E-state index in [4.69, 9.17) is 10.5 Å². The van der Waals surface area contributed by atoms with Gasteiger partial charge < -0.3 is 15.4 Å². The number of amides is 1. The van der Waals surface area contributed by atoms with Gasteiger partial charge in [0, 0.05) is 26.1 Å². The standard InChI is InChI=1S/C21H24F2N6O2/c1-28-19(30)15(12-5-7-14(22)8-6-12)11-29(10-9-25-20(28)24)21-26-17(13-3-4-13)16(23)18(27-21)31-2/h5-8,13,15H,3-4,9-11H2,1-2H3,(H2,24,25)/t15-/m1/s1. The zero-order chi connectivity index (χ0) is 22.1. The van der Waals surface area contributed by atoms with Gasteiger partial charge in [0.2, 0.25) is 17.7 Å². The molecule has 2 aliphatic rings. The van der Waals surface area contributed by atoms with E-state index in [1.54, 1.807) is 24.1 Å². The number of carbonyl (C=O) groups excluding carboxylic acids is 1. The topological polar surface area (TPSA) is 96.9 Å². The van der Waals surface area contributed by atoms with Gasteiger partial charge in [-0.05, 0) is 30.5 Å². The number of nitrogens with zero attached hydrogens (tertiary/aromatic N) is 5. The predicted molar refractivity (Wildman–Crippen MR) is 111 cm³/mol. The van der Waals surface area contributed by atoms with E-state index in [1.165, 1.54) is 24.1 Å². The highest BCUT2D eigenvalue weighted by Crippen LogP contribution is 2.42. The Kier molecular flexibility index (Phi) is 5.71. The van der Waals surface area contributed by atoms with Crippen molar-refractivity contribution in [3.8, 4) is 5.88 Å². The maximum atomic E-state index is 14.7. The molecule has 1 amide bonds. The minimum absolute atomic E-state index is 0.0440. The van der Waals surface area contributed by atoms with Crippen LogP contribution in [-0.2, 0) is 4.79 Å². The van der Waals surface area contributed by atoms with Crippen molar-refractivity contribution in [2.45, 2.75) is 24.7 Å². The van der Waals surface area contributed by atoms with Gasteiger partial charge in [-0.2, -0.15) is 9.37 Å². The van der Waals surface area contributed by atoms with Crippen LogP contribution in [0, 0.1) is 11.6 Å². The summed E-state index contributed by atoms with van der Waals surface area (Å²) >= 11 is 0. The molecule has 1 aliphatic carbocycles. The van der Waals surface area contributed by atoms with Gasteiger partial charge in [0.25, 0.3) is 5.88 Å². The Morgan fingerprint density at radius 1 is 1.16 bits per heavy atom. The second-order valence-corrected chi connectivity index (χ2v) is 7.69. The lowest BCUT2D eigenvalue weighted by atomic mass is 9.97. The summed E-state index contributed by atoms with van der Waals surface area (Å²) in [5.74, 6) is -1.65. The van der Waals surface area contributed by atoms with E-state index in [0.29, 0.717) is 24.3 Å². The number of benzene rings is 1. The van der Waals surface area contributed by atoms with Crippen LogP contribution >= 0.6 is 0 Å². The first kappa shape index (κ1) is 21.0. The molecule has 164 valence electrons. The summed E-state index contributed by atoms with van der Waals surface area (Å²) in [6.45, 7) is 0.844. The van der Waals surface area contributed by atoms with Crippen molar-refractivity contribution in [2.75, 3.05) is 38.7 Å². The largest absolute Gasteiger partial charge is 0.479 e. The quantitative estimate of drug-likeness (QED) is 0.797. The van der Waals surface area contributed by atoms with Gasteiger partial charge in [-0.25, -0.2) is 9.37 Å². The van der Waals surface area contributed by atoms with Crippen molar-refractivity contribution >= 4 is 17.8 Å². The number of hydrogen-bond donors (Lipinski definition) is 1. The Hall–Kier alpha value is -3.30. The Labute approximate surface area is 178 Å². The number of aliphatic imine (C=N–C) groups is 1. The average molecular weight is 430 g/mol. The number of rotatable bonds is 4. The van der Waals surface area contributed by atoms with Crippen molar-refractivity contribution in [1.29, 1.82) is 0 Å². The molecular formula is C21H24F2N6O2. The summed E-state index contributed by atoms with van der Waals surface area (Å²) in [6.07, 6.45) is 1.72. The first-order valence-electron chi connectivity index (χ1n) is 10.1.